The maximum atomic E-state index is 11.0. The standard InChI is InChI=1S/C27H38N2O/c1-23-8-5-6-12-26(23)22-29-17-13-25(21-29)20-28-18-15-27(30,16-19-28)14-7-11-24-9-3-2-4-10-24/h2-6,8-10,12,25,30H,7,11,13-22H2,1H3. The first-order valence-corrected chi connectivity index (χ1v) is 11.9. The number of rotatable bonds is 8. The van der Waals surface area contributed by atoms with Crippen LogP contribution in [0.3, 0.4) is 0 Å². The average molecular weight is 407 g/mol. The van der Waals surface area contributed by atoms with Gasteiger partial charge in [0.25, 0.3) is 0 Å². The molecule has 0 aromatic heterocycles. The molecule has 1 unspecified atom stereocenters. The molecule has 0 aliphatic carbocycles. The summed E-state index contributed by atoms with van der Waals surface area (Å²) >= 11 is 0. The van der Waals surface area contributed by atoms with Crippen molar-refractivity contribution in [1.82, 2.24) is 9.80 Å². The predicted octanol–water partition coefficient (Wildman–Crippen LogP) is 4.67. The highest BCUT2D eigenvalue weighted by Crippen LogP contribution is 2.29. The van der Waals surface area contributed by atoms with Gasteiger partial charge in [-0.25, -0.2) is 0 Å². The van der Waals surface area contributed by atoms with Crippen molar-refractivity contribution >= 4 is 0 Å². The highest BCUT2D eigenvalue weighted by molar-refractivity contribution is 5.25. The van der Waals surface area contributed by atoms with Crippen molar-refractivity contribution in [3.63, 3.8) is 0 Å². The monoisotopic (exact) mass is 406 g/mol. The second-order valence-corrected chi connectivity index (χ2v) is 9.68. The summed E-state index contributed by atoms with van der Waals surface area (Å²) in [6.45, 7) is 9.04. The Bertz CT molecular complexity index is 782. The van der Waals surface area contributed by atoms with Crippen molar-refractivity contribution in [3.05, 3.63) is 71.3 Å². The lowest BCUT2D eigenvalue weighted by Gasteiger charge is -2.39. The van der Waals surface area contributed by atoms with Crippen LogP contribution in [0.5, 0.6) is 0 Å². The summed E-state index contributed by atoms with van der Waals surface area (Å²) in [6.07, 6.45) is 6.26. The largest absolute Gasteiger partial charge is 0.390 e. The number of hydrogen-bond donors (Lipinski definition) is 1. The molecule has 2 aromatic carbocycles. The van der Waals surface area contributed by atoms with Crippen molar-refractivity contribution in [2.75, 3.05) is 32.7 Å². The summed E-state index contributed by atoms with van der Waals surface area (Å²) in [5.74, 6) is 0.776. The lowest BCUT2D eigenvalue weighted by molar-refractivity contribution is -0.0313. The third kappa shape index (κ3) is 5.94. The Morgan fingerprint density at radius 2 is 1.67 bits per heavy atom. The molecule has 1 atom stereocenters. The van der Waals surface area contributed by atoms with Gasteiger partial charge in [0.2, 0.25) is 0 Å². The molecule has 2 aliphatic heterocycles. The Morgan fingerprint density at radius 1 is 0.933 bits per heavy atom. The van der Waals surface area contributed by atoms with Gasteiger partial charge in [0, 0.05) is 32.7 Å². The van der Waals surface area contributed by atoms with Crippen LogP contribution in [0.4, 0.5) is 0 Å². The molecule has 1 N–H and O–H groups in total. The van der Waals surface area contributed by atoms with Crippen molar-refractivity contribution in [3.8, 4) is 0 Å². The molecule has 0 radical (unpaired) electrons. The average Bonchev–Trinajstić information content (AvgIpc) is 3.19. The molecule has 162 valence electrons. The van der Waals surface area contributed by atoms with Gasteiger partial charge in [0.05, 0.1) is 5.60 Å². The number of likely N-dealkylation sites (tertiary alicyclic amines) is 2. The quantitative estimate of drug-likeness (QED) is 0.690. The van der Waals surface area contributed by atoms with Crippen LogP contribution in [0.15, 0.2) is 54.6 Å². The fourth-order valence-corrected chi connectivity index (χ4v) is 5.27. The van der Waals surface area contributed by atoms with E-state index in [0.717, 1.165) is 57.7 Å². The number of piperidine rings is 1. The molecule has 0 bridgehead atoms. The van der Waals surface area contributed by atoms with E-state index >= 15 is 0 Å². The molecule has 2 fully saturated rings. The summed E-state index contributed by atoms with van der Waals surface area (Å²) in [5, 5.41) is 11.0. The predicted molar refractivity (Wildman–Crippen MR) is 125 cm³/mol. The van der Waals surface area contributed by atoms with Crippen LogP contribution in [-0.2, 0) is 13.0 Å². The smallest absolute Gasteiger partial charge is 0.0672 e. The molecule has 0 spiro atoms. The number of hydrogen-bond acceptors (Lipinski definition) is 3. The van der Waals surface area contributed by atoms with Gasteiger partial charge in [0.1, 0.15) is 0 Å². The van der Waals surface area contributed by atoms with E-state index in [1.807, 2.05) is 0 Å². The van der Waals surface area contributed by atoms with Gasteiger partial charge in [0.15, 0.2) is 0 Å². The normalized spacial score (nSPS) is 22.4. The second kappa shape index (κ2) is 10.1. The van der Waals surface area contributed by atoms with Gasteiger partial charge in [-0.2, -0.15) is 0 Å². The molecule has 4 rings (SSSR count). The first-order valence-electron chi connectivity index (χ1n) is 11.9. The minimum atomic E-state index is -0.447. The molecule has 0 amide bonds. The summed E-state index contributed by atoms with van der Waals surface area (Å²) in [7, 11) is 0. The van der Waals surface area contributed by atoms with E-state index in [1.54, 1.807) is 0 Å². The first kappa shape index (κ1) is 21.5. The molecule has 2 aliphatic rings. The molecule has 30 heavy (non-hydrogen) atoms. The zero-order valence-corrected chi connectivity index (χ0v) is 18.6. The SMILES string of the molecule is Cc1ccccc1CN1CCC(CN2CCC(O)(CCCc3ccccc3)CC2)C1. The summed E-state index contributed by atoms with van der Waals surface area (Å²) < 4.78 is 0. The summed E-state index contributed by atoms with van der Waals surface area (Å²) in [5.41, 5.74) is 3.81. The maximum absolute atomic E-state index is 11.0. The van der Waals surface area contributed by atoms with Gasteiger partial charge in [-0.15, -0.1) is 0 Å². The lowest BCUT2D eigenvalue weighted by Crippen LogP contribution is -2.46. The van der Waals surface area contributed by atoms with E-state index in [-0.39, 0.29) is 0 Å². The lowest BCUT2D eigenvalue weighted by atomic mass is 9.85. The maximum Gasteiger partial charge on any atom is 0.0672 e. The van der Waals surface area contributed by atoms with Crippen molar-refractivity contribution in [2.24, 2.45) is 5.92 Å². The van der Waals surface area contributed by atoms with Gasteiger partial charge in [-0.05, 0) is 74.6 Å². The number of benzene rings is 2. The van der Waals surface area contributed by atoms with Gasteiger partial charge in [-0.3, -0.25) is 4.90 Å². The van der Waals surface area contributed by atoms with Crippen LogP contribution in [0.1, 0.15) is 48.8 Å². The van der Waals surface area contributed by atoms with Crippen LogP contribution in [0.2, 0.25) is 0 Å². The molecular formula is C27H38N2O. The fourth-order valence-electron chi connectivity index (χ4n) is 5.27. The highest BCUT2D eigenvalue weighted by atomic mass is 16.3. The fraction of sp³-hybridized carbons (Fsp3) is 0.556. The Balaban J connectivity index is 1.16. The van der Waals surface area contributed by atoms with E-state index in [1.165, 1.54) is 42.7 Å². The van der Waals surface area contributed by atoms with Crippen LogP contribution in [-0.4, -0.2) is 53.2 Å². The van der Waals surface area contributed by atoms with E-state index in [2.05, 4.69) is 71.3 Å². The van der Waals surface area contributed by atoms with Crippen molar-refractivity contribution < 1.29 is 5.11 Å². The molecule has 0 saturated carbocycles. The minimum absolute atomic E-state index is 0.447. The zero-order chi connectivity index (χ0) is 20.8. The van der Waals surface area contributed by atoms with E-state index in [0.29, 0.717) is 0 Å². The second-order valence-electron chi connectivity index (χ2n) is 9.68. The van der Waals surface area contributed by atoms with Crippen molar-refractivity contribution in [1.29, 1.82) is 0 Å². The van der Waals surface area contributed by atoms with Gasteiger partial charge in [-0.1, -0.05) is 54.6 Å². The third-order valence-corrected chi connectivity index (χ3v) is 7.28. The minimum Gasteiger partial charge on any atom is -0.390 e. The molecule has 2 saturated heterocycles. The molecular weight excluding hydrogens is 368 g/mol. The Morgan fingerprint density at radius 3 is 2.43 bits per heavy atom. The number of aliphatic hydroxyl groups is 1. The van der Waals surface area contributed by atoms with Crippen LogP contribution in [0, 0.1) is 12.8 Å². The molecule has 2 heterocycles. The third-order valence-electron chi connectivity index (χ3n) is 7.28. The Kier molecular flexibility index (Phi) is 7.24. The van der Waals surface area contributed by atoms with Crippen molar-refractivity contribution in [2.45, 2.75) is 57.6 Å². The number of nitrogens with zero attached hydrogens (tertiary/aromatic N) is 2. The highest BCUT2D eigenvalue weighted by Gasteiger charge is 2.33. The van der Waals surface area contributed by atoms with Gasteiger partial charge < -0.3 is 10.0 Å². The molecule has 2 aromatic rings. The van der Waals surface area contributed by atoms with E-state index in [4.69, 9.17) is 0 Å². The summed E-state index contributed by atoms with van der Waals surface area (Å²) in [4.78, 5) is 5.23. The zero-order valence-electron chi connectivity index (χ0n) is 18.6. The van der Waals surface area contributed by atoms with Crippen LogP contribution < -0.4 is 0 Å². The summed E-state index contributed by atoms with van der Waals surface area (Å²) in [6, 6.07) is 19.4. The van der Waals surface area contributed by atoms with Gasteiger partial charge >= 0.3 is 0 Å². The first-order chi connectivity index (χ1) is 14.6. The molecule has 3 nitrogen and oxygen atoms in total. The van der Waals surface area contributed by atoms with Crippen LogP contribution in [0.25, 0.3) is 0 Å². The topological polar surface area (TPSA) is 26.7 Å². The van der Waals surface area contributed by atoms with Crippen LogP contribution >= 0.6 is 0 Å². The Hall–Kier alpha value is -1.68. The number of aryl methyl sites for hydroxylation is 2. The van der Waals surface area contributed by atoms with E-state index < -0.39 is 5.60 Å². The van der Waals surface area contributed by atoms with E-state index in [9.17, 15) is 5.11 Å². The molecule has 3 heteroatoms. The Labute approximate surface area is 182 Å².